The molecule has 2 heterocycles. The second-order valence-electron chi connectivity index (χ2n) is 8.47. The van der Waals surface area contributed by atoms with Crippen molar-refractivity contribution in [1.82, 2.24) is 19.4 Å². The van der Waals surface area contributed by atoms with Crippen LogP contribution in [0.25, 0.3) is 6.08 Å². The molecule has 0 spiro atoms. The highest BCUT2D eigenvalue weighted by molar-refractivity contribution is 8.00. The van der Waals surface area contributed by atoms with Gasteiger partial charge >= 0.3 is 0 Å². The van der Waals surface area contributed by atoms with Crippen LogP contribution in [0.15, 0.2) is 52.4 Å². The molecule has 178 valence electrons. The van der Waals surface area contributed by atoms with Gasteiger partial charge in [-0.15, -0.1) is 0 Å². The van der Waals surface area contributed by atoms with Crippen LogP contribution < -0.4 is 5.56 Å². The van der Waals surface area contributed by atoms with Crippen LogP contribution in [0.4, 0.5) is 0 Å². The van der Waals surface area contributed by atoms with Crippen LogP contribution in [0.1, 0.15) is 44.4 Å². The van der Waals surface area contributed by atoms with Crippen molar-refractivity contribution in [3.8, 4) is 0 Å². The Labute approximate surface area is 201 Å². The summed E-state index contributed by atoms with van der Waals surface area (Å²) in [6.07, 6.45) is 7.86. The zero-order valence-electron chi connectivity index (χ0n) is 20.1. The maximum atomic E-state index is 13.4. The number of hydrogen-bond acceptors (Lipinski definition) is 5. The van der Waals surface area contributed by atoms with Gasteiger partial charge in [-0.2, -0.15) is 0 Å². The van der Waals surface area contributed by atoms with E-state index in [1.807, 2.05) is 30.0 Å². The molecule has 0 saturated carbocycles. The molecular weight excluding hydrogens is 432 g/mol. The molecule has 0 bridgehead atoms. The van der Waals surface area contributed by atoms with E-state index in [0.717, 1.165) is 57.7 Å². The largest absolute Gasteiger partial charge is 0.339 e. The molecule has 1 unspecified atom stereocenters. The Hall–Kier alpha value is -2.38. The summed E-state index contributed by atoms with van der Waals surface area (Å²) >= 11 is 1.45. The van der Waals surface area contributed by atoms with Gasteiger partial charge in [-0.25, -0.2) is 4.98 Å². The van der Waals surface area contributed by atoms with Gasteiger partial charge in [-0.05, 0) is 18.4 Å². The molecule has 6 nitrogen and oxygen atoms in total. The zero-order chi connectivity index (χ0) is 23.6. The van der Waals surface area contributed by atoms with Crippen molar-refractivity contribution in [2.24, 2.45) is 7.05 Å². The van der Waals surface area contributed by atoms with Crippen LogP contribution in [0, 0.1) is 0 Å². The minimum Gasteiger partial charge on any atom is -0.339 e. The smallest absolute Gasteiger partial charge is 0.254 e. The lowest BCUT2D eigenvalue weighted by atomic mass is 10.1. The molecule has 1 amide bonds. The van der Waals surface area contributed by atoms with Crippen molar-refractivity contribution in [2.45, 2.75) is 49.9 Å². The van der Waals surface area contributed by atoms with Crippen LogP contribution >= 0.6 is 11.8 Å². The summed E-state index contributed by atoms with van der Waals surface area (Å²) < 4.78 is 1.56. The minimum absolute atomic E-state index is 0.0665. The molecule has 1 saturated heterocycles. The number of nitrogens with zero attached hydrogens (tertiary/aromatic N) is 4. The molecule has 1 aliphatic heterocycles. The van der Waals surface area contributed by atoms with Gasteiger partial charge in [0.25, 0.3) is 5.56 Å². The van der Waals surface area contributed by atoms with Crippen LogP contribution in [0.3, 0.4) is 0 Å². The highest BCUT2D eigenvalue weighted by Gasteiger charge is 2.29. The third-order valence-corrected chi connectivity index (χ3v) is 7.31. The number of benzene rings is 1. The standard InChI is InChI=1S/C26H36N4O2S/c1-4-6-14-23(33-26-27-22(5-2)20-24(31)28(26)3)25(32)30-18-16-29(17-19-30)15-10-13-21-11-8-7-9-12-21/h7-13,20,23H,4-6,14-19H2,1-3H3/b13-10+. The molecule has 0 radical (unpaired) electrons. The summed E-state index contributed by atoms with van der Waals surface area (Å²) in [6.45, 7) is 8.24. The lowest BCUT2D eigenvalue weighted by molar-refractivity contribution is -0.132. The quantitative estimate of drug-likeness (QED) is 0.392. The third kappa shape index (κ3) is 7.30. The van der Waals surface area contributed by atoms with E-state index in [1.165, 1.54) is 17.3 Å². The Morgan fingerprint density at radius 2 is 1.88 bits per heavy atom. The maximum Gasteiger partial charge on any atom is 0.254 e. The van der Waals surface area contributed by atoms with Gasteiger partial charge in [0.15, 0.2) is 5.16 Å². The van der Waals surface area contributed by atoms with Crippen LogP contribution in [-0.4, -0.2) is 63.2 Å². The Morgan fingerprint density at radius 1 is 1.15 bits per heavy atom. The van der Waals surface area contributed by atoms with Gasteiger partial charge in [0.2, 0.25) is 5.91 Å². The number of piperazine rings is 1. The Bertz CT molecular complexity index is 982. The number of aromatic nitrogens is 2. The fourth-order valence-electron chi connectivity index (χ4n) is 3.86. The first kappa shape index (κ1) is 25.2. The van der Waals surface area contributed by atoms with Gasteiger partial charge < -0.3 is 4.90 Å². The van der Waals surface area contributed by atoms with Crippen molar-refractivity contribution in [1.29, 1.82) is 0 Å². The highest BCUT2D eigenvalue weighted by atomic mass is 32.2. The summed E-state index contributed by atoms with van der Waals surface area (Å²) in [4.78, 5) is 34.7. The molecule has 0 aliphatic carbocycles. The molecule has 1 atom stereocenters. The Balaban J connectivity index is 1.59. The maximum absolute atomic E-state index is 13.4. The van der Waals surface area contributed by atoms with Gasteiger partial charge in [0, 0.05) is 51.5 Å². The van der Waals surface area contributed by atoms with E-state index in [4.69, 9.17) is 0 Å². The van der Waals surface area contributed by atoms with Crippen molar-refractivity contribution in [3.63, 3.8) is 0 Å². The predicted octanol–water partition coefficient (Wildman–Crippen LogP) is 3.85. The number of carbonyl (C=O) groups excluding carboxylic acids is 1. The summed E-state index contributed by atoms with van der Waals surface area (Å²) in [5, 5.41) is 0.429. The first-order valence-electron chi connectivity index (χ1n) is 12.0. The molecule has 33 heavy (non-hydrogen) atoms. The summed E-state index contributed by atoms with van der Waals surface area (Å²) in [7, 11) is 1.74. The summed E-state index contributed by atoms with van der Waals surface area (Å²) in [5.41, 5.74) is 1.92. The van der Waals surface area contributed by atoms with Crippen LogP contribution in [-0.2, 0) is 18.3 Å². The minimum atomic E-state index is -0.209. The average Bonchev–Trinajstić information content (AvgIpc) is 2.84. The van der Waals surface area contributed by atoms with E-state index in [1.54, 1.807) is 17.7 Å². The molecule has 0 N–H and O–H groups in total. The van der Waals surface area contributed by atoms with Crippen LogP contribution in [0.5, 0.6) is 0 Å². The first-order chi connectivity index (χ1) is 16.0. The number of unbranched alkanes of at least 4 members (excludes halogenated alkanes) is 1. The van der Waals surface area contributed by atoms with Crippen molar-refractivity contribution in [2.75, 3.05) is 32.7 Å². The second kappa shape index (κ2) is 12.8. The molecule has 1 aromatic heterocycles. The zero-order valence-corrected chi connectivity index (χ0v) is 20.9. The molecule has 3 rings (SSSR count). The summed E-state index contributed by atoms with van der Waals surface area (Å²) in [5.74, 6) is 0.170. The number of amides is 1. The van der Waals surface area contributed by atoms with E-state index in [2.05, 4.69) is 41.1 Å². The molecular formula is C26H36N4O2S. The van der Waals surface area contributed by atoms with Crippen LogP contribution in [0.2, 0.25) is 0 Å². The van der Waals surface area contributed by atoms with Gasteiger partial charge in [0.05, 0.1) is 5.25 Å². The third-order valence-electron chi connectivity index (χ3n) is 6.01. The fourth-order valence-corrected chi connectivity index (χ4v) is 5.06. The number of rotatable bonds is 10. The topological polar surface area (TPSA) is 58.4 Å². The number of carbonyl (C=O) groups is 1. The molecule has 1 fully saturated rings. The molecule has 7 heteroatoms. The van der Waals surface area contributed by atoms with Crippen molar-refractivity contribution in [3.05, 3.63) is 64.1 Å². The van der Waals surface area contributed by atoms with E-state index in [-0.39, 0.29) is 16.7 Å². The molecule has 1 aromatic carbocycles. The lowest BCUT2D eigenvalue weighted by Crippen LogP contribution is -2.51. The lowest BCUT2D eigenvalue weighted by Gasteiger charge is -2.36. The van der Waals surface area contributed by atoms with E-state index >= 15 is 0 Å². The SMILES string of the molecule is CCCCC(Sc1nc(CC)cc(=O)n1C)C(=O)N1CCN(C/C=C/c2ccccc2)CC1. The van der Waals surface area contributed by atoms with Gasteiger partial charge in [0.1, 0.15) is 0 Å². The van der Waals surface area contributed by atoms with E-state index in [0.29, 0.717) is 11.6 Å². The Morgan fingerprint density at radius 3 is 2.55 bits per heavy atom. The number of aryl methyl sites for hydroxylation is 1. The fraction of sp³-hybridized carbons (Fsp3) is 0.500. The second-order valence-corrected chi connectivity index (χ2v) is 9.64. The summed E-state index contributed by atoms with van der Waals surface area (Å²) in [6, 6.07) is 11.9. The van der Waals surface area contributed by atoms with Crippen molar-refractivity contribution < 1.29 is 4.79 Å². The monoisotopic (exact) mass is 468 g/mol. The van der Waals surface area contributed by atoms with E-state index in [9.17, 15) is 9.59 Å². The molecule has 1 aliphatic rings. The van der Waals surface area contributed by atoms with Gasteiger partial charge in [-0.3, -0.25) is 19.1 Å². The Kier molecular flexibility index (Phi) is 9.76. The number of hydrogen-bond donors (Lipinski definition) is 0. The first-order valence-corrected chi connectivity index (χ1v) is 12.9. The highest BCUT2D eigenvalue weighted by Crippen LogP contribution is 2.27. The molecule has 2 aromatic rings. The predicted molar refractivity (Wildman–Crippen MR) is 137 cm³/mol. The van der Waals surface area contributed by atoms with E-state index < -0.39 is 0 Å². The number of thioether (sulfide) groups is 1. The van der Waals surface area contributed by atoms with Gasteiger partial charge in [-0.1, -0.05) is 80.9 Å². The van der Waals surface area contributed by atoms with Crippen molar-refractivity contribution >= 4 is 23.7 Å². The normalized spacial score (nSPS) is 15.8. The average molecular weight is 469 g/mol.